The highest BCUT2D eigenvalue weighted by atomic mass is 35.5. The van der Waals surface area contributed by atoms with Crippen LogP contribution in [0.5, 0.6) is 5.75 Å². The number of aldehydes is 1. The van der Waals surface area contributed by atoms with Crippen LogP contribution in [0.4, 0.5) is 0 Å². The molecule has 1 aliphatic heterocycles. The number of halogens is 1. The zero-order chi connectivity index (χ0) is 11.5. The molecule has 0 radical (unpaired) electrons. The molecule has 0 aromatic heterocycles. The second-order valence-electron chi connectivity index (χ2n) is 3.36. The highest BCUT2D eigenvalue weighted by Gasteiger charge is 2.28. The average molecular weight is 241 g/mol. The summed E-state index contributed by atoms with van der Waals surface area (Å²) in [6.07, 6.45) is 0.515. The van der Waals surface area contributed by atoms with Crippen LogP contribution in [0, 0.1) is 0 Å². The van der Waals surface area contributed by atoms with Crippen LogP contribution in [0.25, 0.3) is 0 Å². The van der Waals surface area contributed by atoms with Gasteiger partial charge in [0.15, 0.2) is 12.4 Å². The molecular weight excluding hydrogens is 232 g/mol. The first-order valence-corrected chi connectivity index (χ1v) is 5.16. The lowest BCUT2D eigenvalue weighted by Gasteiger charge is -2.11. The molecule has 84 valence electrons. The summed E-state index contributed by atoms with van der Waals surface area (Å²) in [4.78, 5) is 22.0. The molecule has 1 fully saturated rings. The molecule has 2 rings (SSSR count). The van der Waals surface area contributed by atoms with Crippen LogP contribution in [0.2, 0.25) is 5.02 Å². The molecule has 1 saturated heterocycles. The van der Waals surface area contributed by atoms with E-state index >= 15 is 0 Å². The predicted octanol–water partition coefficient (Wildman–Crippen LogP) is 1.85. The Morgan fingerprint density at radius 1 is 1.50 bits per heavy atom. The van der Waals surface area contributed by atoms with Gasteiger partial charge in [-0.15, -0.1) is 0 Å². The monoisotopic (exact) mass is 240 g/mol. The number of rotatable bonds is 3. The van der Waals surface area contributed by atoms with Crippen LogP contribution >= 0.6 is 11.6 Å². The Hall–Kier alpha value is -1.55. The van der Waals surface area contributed by atoms with Gasteiger partial charge in [-0.1, -0.05) is 11.6 Å². The van der Waals surface area contributed by atoms with Gasteiger partial charge in [0.05, 0.1) is 12.2 Å². The summed E-state index contributed by atoms with van der Waals surface area (Å²) in [6, 6.07) is 4.66. The van der Waals surface area contributed by atoms with Crippen molar-refractivity contribution in [2.75, 3.05) is 6.61 Å². The minimum Gasteiger partial charge on any atom is -0.478 e. The Labute approximate surface area is 97.1 Å². The second kappa shape index (κ2) is 4.53. The van der Waals surface area contributed by atoms with Gasteiger partial charge in [0.2, 0.25) is 0 Å². The maximum atomic E-state index is 11.2. The van der Waals surface area contributed by atoms with Crippen LogP contribution < -0.4 is 4.74 Å². The van der Waals surface area contributed by atoms with E-state index in [2.05, 4.69) is 0 Å². The second-order valence-corrected chi connectivity index (χ2v) is 3.80. The van der Waals surface area contributed by atoms with E-state index in [0.29, 0.717) is 35.6 Å². The third kappa shape index (κ3) is 2.17. The lowest BCUT2D eigenvalue weighted by Crippen LogP contribution is -2.22. The Morgan fingerprint density at radius 3 is 2.94 bits per heavy atom. The number of hydrogen-bond acceptors (Lipinski definition) is 4. The van der Waals surface area contributed by atoms with E-state index in [0.717, 1.165) is 0 Å². The fourth-order valence-electron chi connectivity index (χ4n) is 1.46. The first kappa shape index (κ1) is 11.0. The Kier molecular flexibility index (Phi) is 3.10. The first-order chi connectivity index (χ1) is 7.70. The lowest BCUT2D eigenvalue weighted by molar-refractivity contribution is -0.143. The summed E-state index contributed by atoms with van der Waals surface area (Å²) >= 11 is 5.73. The van der Waals surface area contributed by atoms with Gasteiger partial charge in [-0.3, -0.25) is 4.79 Å². The summed E-state index contributed by atoms with van der Waals surface area (Å²) < 4.78 is 10.2. The quantitative estimate of drug-likeness (QED) is 0.598. The molecule has 4 nitrogen and oxygen atoms in total. The van der Waals surface area contributed by atoms with Crippen molar-refractivity contribution >= 4 is 23.9 Å². The third-order valence-electron chi connectivity index (χ3n) is 2.26. The van der Waals surface area contributed by atoms with Crippen molar-refractivity contribution in [3.63, 3.8) is 0 Å². The Morgan fingerprint density at radius 2 is 2.31 bits per heavy atom. The molecule has 0 bridgehead atoms. The molecule has 0 N–H and O–H groups in total. The van der Waals surface area contributed by atoms with Crippen molar-refractivity contribution in [1.29, 1.82) is 0 Å². The highest BCUT2D eigenvalue weighted by Crippen LogP contribution is 2.24. The van der Waals surface area contributed by atoms with E-state index in [1.54, 1.807) is 12.1 Å². The summed E-state index contributed by atoms with van der Waals surface area (Å²) in [7, 11) is 0. The molecule has 16 heavy (non-hydrogen) atoms. The smallest absolute Gasteiger partial charge is 0.347 e. The molecule has 0 saturated carbocycles. The topological polar surface area (TPSA) is 52.6 Å². The third-order valence-corrected chi connectivity index (χ3v) is 2.49. The van der Waals surface area contributed by atoms with Crippen molar-refractivity contribution in [2.45, 2.75) is 12.5 Å². The lowest BCUT2D eigenvalue weighted by atomic mass is 10.2. The zero-order valence-corrected chi connectivity index (χ0v) is 9.07. The maximum Gasteiger partial charge on any atom is 0.347 e. The molecule has 0 amide bonds. The van der Waals surface area contributed by atoms with E-state index in [4.69, 9.17) is 21.1 Å². The normalized spacial score (nSPS) is 19.3. The Balaban J connectivity index is 2.20. The maximum absolute atomic E-state index is 11.2. The first-order valence-electron chi connectivity index (χ1n) is 4.79. The predicted molar refractivity (Wildman–Crippen MR) is 56.8 cm³/mol. The van der Waals surface area contributed by atoms with Crippen LogP contribution in [-0.4, -0.2) is 25.0 Å². The van der Waals surface area contributed by atoms with Gasteiger partial charge in [-0.25, -0.2) is 4.79 Å². The number of cyclic esters (lactones) is 1. The average Bonchev–Trinajstić information content (AvgIpc) is 2.67. The SMILES string of the molecule is O=Cc1cc(Cl)ccc1OC1CCOC1=O. The zero-order valence-electron chi connectivity index (χ0n) is 8.31. The summed E-state index contributed by atoms with van der Waals surface area (Å²) in [5, 5.41) is 0.448. The van der Waals surface area contributed by atoms with Crippen molar-refractivity contribution in [2.24, 2.45) is 0 Å². The van der Waals surface area contributed by atoms with Crippen LogP contribution in [0.15, 0.2) is 18.2 Å². The highest BCUT2D eigenvalue weighted by molar-refractivity contribution is 6.30. The number of hydrogen-bond donors (Lipinski definition) is 0. The summed E-state index contributed by atoms with van der Waals surface area (Å²) in [5.41, 5.74) is 0.326. The number of esters is 1. The molecule has 1 unspecified atom stereocenters. The molecule has 0 aliphatic carbocycles. The fraction of sp³-hybridized carbons (Fsp3) is 0.273. The largest absolute Gasteiger partial charge is 0.478 e. The van der Waals surface area contributed by atoms with Crippen molar-refractivity contribution < 1.29 is 19.1 Å². The van der Waals surface area contributed by atoms with Gasteiger partial charge in [0, 0.05) is 11.4 Å². The molecule has 0 spiro atoms. The summed E-state index contributed by atoms with van der Waals surface area (Å²) in [5.74, 6) is -0.0463. The van der Waals surface area contributed by atoms with E-state index in [-0.39, 0.29) is 0 Å². The number of carbonyl (C=O) groups is 2. The van der Waals surface area contributed by atoms with Gasteiger partial charge in [0.25, 0.3) is 0 Å². The van der Waals surface area contributed by atoms with Crippen molar-refractivity contribution in [3.8, 4) is 5.75 Å². The fourth-order valence-corrected chi connectivity index (χ4v) is 1.64. The molecule has 1 atom stereocenters. The van der Waals surface area contributed by atoms with Crippen molar-refractivity contribution in [1.82, 2.24) is 0 Å². The standard InChI is InChI=1S/C11H9ClO4/c12-8-1-2-9(7(5-8)6-13)16-10-3-4-15-11(10)14/h1-2,5-6,10H,3-4H2. The molecule has 1 aliphatic rings. The van der Waals surface area contributed by atoms with E-state index in [1.807, 2.05) is 0 Å². The van der Waals surface area contributed by atoms with Crippen LogP contribution in [0.1, 0.15) is 16.8 Å². The van der Waals surface area contributed by atoms with Crippen molar-refractivity contribution in [3.05, 3.63) is 28.8 Å². The van der Waals surface area contributed by atoms with Gasteiger partial charge < -0.3 is 9.47 Å². The van der Waals surface area contributed by atoms with Gasteiger partial charge in [-0.05, 0) is 18.2 Å². The van der Waals surface area contributed by atoms with Crippen LogP contribution in [0.3, 0.4) is 0 Å². The molecular formula is C11H9ClO4. The van der Waals surface area contributed by atoms with E-state index in [9.17, 15) is 9.59 Å². The Bertz CT molecular complexity index is 430. The minimum absolute atomic E-state index is 0.326. The molecule has 1 heterocycles. The molecule has 1 aromatic carbocycles. The molecule has 5 heteroatoms. The van der Waals surface area contributed by atoms with Gasteiger partial charge >= 0.3 is 5.97 Å². The number of ether oxygens (including phenoxy) is 2. The van der Waals surface area contributed by atoms with E-state index in [1.165, 1.54) is 6.07 Å². The minimum atomic E-state index is -0.625. The van der Waals surface area contributed by atoms with Crippen LogP contribution in [-0.2, 0) is 9.53 Å². The number of benzene rings is 1. The number of carbonyl (C=O) groups excluding carboxylic acids is 2. The molecule has 1 aromatic rings. The summed E-state index contributed by atoms with van der Waals surface area (Å²) in [6.45, 7) is 0.355. The van der Waals surface area contributed by atoms with Gasteiger partial charge in [-0.2, -0.15) is 0 Å². The van der Waals surface area contributed by atoms with E-state index < -0.39 is 12.1 Å². The van der Waals surface area contributed by atoms with Gasteiger partial charge in [0.1, 0.15) is 5.75 Å².